The molecule has 1 rings (SSSR count). The molecule has 76 heavy (non-hydrogen) atoms. The Labute approximate surface area is 439 Å². The summed E-state index contributed by atoms with van der Waals surface area (Å²) in [6.45, 7) is 4.43. The second-order valence-corrected chi connectivity index (χ2v) is 18.8. The van der Waals surface area contributed by atoms with Crippen molar-refractivity contribution in [2.45, 2.75) is 146 Å². The van der Waals surface area contributed by atoms with E-state index in [1.165, 1.54) is 31.2 Å². The summed E-state index contributed by atoms with van der Waals surface area (Å²) in [5, 5.41) is 80.2. The minimum absolute atomic E-state index is 0.0407. The van der Waals surface area contributed by atoms with Gasteiger partial charge in [0.05, 0.1) is 26.4 Å². The summed E-state index contributed by atoms with van der Waals surface area (Å²) in [6.07, 6.45) is -0.181. The van der Waals surface area contributed by atoms with Crippen molar-refractivity contribution in [2.75, 3.05) is 33.0 Å². The summed E-state index contributed by atoms with van der Waals surface area (Å²) < 4.78 is 0. The summed E-state index contributed by atoms with van der Waals surface area (Å²) in [5.74, 6) is -12.1. The monoisotopic (exact) mass is 1080 g/mol. The Balaban J connectivity index is 3.30. The number of nitrogens with one attached hydrogen (secondary N) is 9. The van der Waals surface area contributed by atoms with E-state index in [9.17, 15) is 83.4 Å². The maximum Gasteiger partial charge on any atom is 0.326 e. The van der Waals surface area contributed by atoms with Crippen LogP contribution in [0.15, 0.2) is 24.3 Å². The molecule has 29 nitrogen and oxygen atoms in total. The van der Waals surface area contributed by atoms with Gasteiger partial charge in [0.1, 0.15) is 66.2 Å². The number of aliphatic hydroxyl groups excluding tert-OH is 4. The van der Waals surface area contributed by atoms with E-state index in [-0.39, 0.29) is 49.7 Å². The van der Waals surface area contributed by atoms with Crippen LogP contribution in [0.3, 0.4) is 0 Å². The zero-order valence-corrected chi connectivity index (χ0v) is 43.3. The number of phenolic OH excluding ortho intramolecular Hbond substituents is 1. The summed E-state index contributed by atoms with van der Waals surface area (Å²) in [4.78, 5) is 144. The molecule has 0 heterocycles. The standard InChI is InChI=1S/C47H78N12O17/c1-23(2)16-31(42(70)53-30(47(75)76)8-6-7-15-48)54-44(72)34(20-61)57-38(66)25(5)51-41(69)33(18-26-9-11-27(64)12-10-26)56-46(74)36(22-63)59-43(71)32(17-24(3)4)55-45(73)35(21-62)58-40(68)29(13-14-37(50)65)52-39(67)28(49)19-60/h9-12,23-25,28-36,60-64H,6-8,13-22,48-49H2,1-5H3,(H2,50,65)(H,51,69)(H,52,67)(H,53,70)(H,54,72)(H,55,73)(H,56,74)(H,57,66)(H,58,68)(H,59,71)(H,75,76)/t25-,28-,29-,30-,31-,32-,33-,34-,35-,36-/m0/s1. The lowest BCUT2D eigenvalue weighted by atomic mass is 10.0. The van der Waals surface area contributed by atoms with E-state index in [4.69, 9.17) is 17.2 Å². The molecular formula is C47H78N12O17. The van der Waals surface area contributed by atoms with Gasteiger partial charge in [-0.2, -0.15) is 0 Å². The van der Waals surface area contributed by atoms with Crippen molar-refractivity contribution < 1.29 is 83.4 Å². The van der Waals surface area contributed by atoms with E-state index in [0.29, 0.717) is 24.9 Å². The summed E-state index contributed by atoms with van der Waals surface area (Å²) in [6, 6.07) is -9.97. The molecule has 0 aliphatic rings. The molecule has 0 radical (unpaired) electrons. The maximum absolute atomic E-state index is 13.9. The first-order valence-electron chi connectivity index (χ1n) is 24.6. The predicted octanol–water partition coefficient (Wildman–Crippen LogP) is -6.81. The number of aliphatic hydroxyl groups is 4. The second-order valence-electron chi connectivity index (χ2n) is 18.8. The first kappa shape index (κ1) is 67.0. The molecule has 10 atom stereocenters. The number of carboxylic acid groups (broad SMARTS) is 1. The molecule has 0 bridgehead atoms. The van der Waals surface area contributed by atoms with Gasteiger partial charge in [0.2, 0.25) is 59.1 Å². The highest BCUT2D eigenvalue weighted by atomic mass is 16.4. The zero-order valence-electron chi connectivity index (χ0n) is 43.3. The van der Waals surface area contributed by atoms with Crippen LogP contribution in [0.2, 0.25) is 0 Å². The lowest BCUT2D eigenvalue weighted by Gasteiger charge is -2.27. The molecule has 0 unspecified atom stereocenters. The molecule has 0 saturated carbocycles. The Bertz CT molecular complexity index is 2120. The third-order valence-electron chi connectivity index (χ3n) is 11.3. The van der Waals surface area contributed by atoms with Gasteiger partial charge < -0.3 is 95.7 Å². The Morgan fingerprint density at radius 2 is 0.855 bits per heavy atom. The number of amides is 10. The number of carboxylic acids is 1. The normalized spacial score (nSPS) is 15.1. The van der Waals surface area contributed by atoms with Gasteiger partial charge in [-0.05, 0) is 81.5 Å². The van der Waals surface area contributed by atoms with Crippen LogP contribution in [0.4, 0.5) is 0 Å². The van der Waals surface area contributed by atoms with E-state index in [1.54, 1.807) is 27.7 Å². The molecular weight excluding hydrogens is 1000 g/mol. The van der Waals surface area contributed by atoms with Gasteiger partial charge >= 0.3 is 5.97 Å². The Kier molecular flexibility index (Phi) is 30.4. The van der Waals surface area contributed by atoms with E-state index in [1.807, 2.05) is 0 Å². The van der Waals surface area contributed by atoms with Crippen molar-refractivity contribution in [1.29, 1.82) is 0 Å². The minimum Gasteiger partial charge on any atom is -0.508 e. The van der Waals surface area contributed by atoms with E-state index < -0.39 is 158 Å². The average molecular weight is 1080 g/mol. The highest BCUT2D eigenvalue weighted by Gasteiger charge is 2.35. The van der Waals surface area contributed by atoms with Gasteiger partial charge in [0.15, 0.2) is 0 Å². The van der Waals surface area contributed by atoms with Gasteiger partial charge in [0, 0.05) is 12.8 Å². The number of hydrogen-bond donors (Lipinski definition) is 18. The van der Waals surface area contributed by atoms with Gasteiger partial charge in [-0.1, -0.05) is 39.8 Å². The van der Waals surface area contributed by atoms with Crippen LogP contribution in [-0.2, 0) is 59.2 Å². The number of aliphatic carboxylic acids is 1. The third-order valence-corrected chi connectivity index (χ3v) is 11.3. The number of aromatic hydroxyl groups is 1. The number of carbonyl (C=O) groups is 11. The van der Waals surface area contributed by atoms with Crippen LogP contribution >= 0.6 is 0 Å². The number of benzene rings is 1. The maximum atomic E-state index is 13.9. The van der Waals surface area contributed by atoms with Gasteiger partial charge in [-0.15, -0.1) is 0 Å². The molecule has 0 aliphatic carbocycles. The Morgan fingerprint density at radius 3 is 1.26 bits per heavy atom. The highest BCUT2D eigenvalue weighted by molar-refractivity contribution is 5.98. The van der Waals surface area contributed by atoms with E-state index in [0.717, 1.165) is 0 Å². The molecule has 1 aromatic rings. The SMILES string of the molecule is CC(C)C[C@H](NC(=O)[C@H](CO)NC(=O)[C@H](C)NC(=O)[C@H](Cc1ccc(O)cc1)NC(=O)[C@H](CO)NC(=O)[C@H](CC(C)C)NC(=O)[C@H](CO)NC(=O)[C@H](CCC(N)=O)NC(=O)[C@@H](N)CO)C(=O)N[C@@H](CCCCN)C(=O)O. The minimum atomic E-state index is -1.81. The van der Waals surface area contributed by atoms with Crippen molar-refractivity contribution in [3.8, 4) is 5.75 Å². The smallest absolute Gasteiger partial charge is 0.326 e. The fraction of sp³-hybridized carbons (Fsp3) is 0.638. The first-order chi connectivity index (χ1) is 35.7. The first-order valence-corrected chi connectivity index (χ1v) is 24.6. The predicted molar refractivity (Wildman–Crippen MR) is 269 cm³/mol. The summed E-state index contributed by atoms with van der Waals surface area (Å²) >= 11 is 0. The number of rotatable bonds is 36. The Hall–Kier alpha value is -7.05. The number of carbonyl (C=O) groups excluding carboxylic acids is 10. The van der Waals surface area contributed by atoms with Crippen LogP contribution < -0.4 is 65.1 Å². The number of phenols is 1. The van der Waals surface area contributed by atoms with Crippen molar-refractivity contribution >= 4 is 65.0 Å². The van der Waals surface area contributed by atoms with Crippen molar-refractivity contribution in [2.24, 2.45) is 29.0 Å². The molecule has 29 heteroatoms. The molecule has 21 N–H and O–H groups in total. The number of hydrogen-bond acceptors (Lipinski definition) is 18. The van der Waals surface area contributed by atoms with Crippen LogP contribution in [0, 0.1) is 11.8 Å². The second kappa shape index (κ2) is 34.5. The zero-order chi connectivity index (χ0) is 57.8. The van der Waals surface area contributed by atoms with Crippen LogP contribution in [-0.4, -0.2) is 189 Å². The third kappa shape index (κ3) is 24.5. The molecule has 428 valence electrons. The van der Waals surface area contributed by atoms with E-state index >= 15 is 0 Å². The Morgan fingerprint density at radius 1 is 0.474 bits per heavy atom. The van der Waals surface area contributed by atoms with Crippen molar-refractivity contribution in [1.82, 2.24) is 47.9 Å². The summed E-state index contributed by atoms with van der Waals surface area (Å²) in [7, 11) is 0. The van der Waals surface area contributed by atoms with Crippen LogP contribution in [0.25, 0.3) is 0 Å². The van der Waals surface area contributed by atoms with Crippen molar-refractivity contribution in [3.05, 3.63) is 29.8 Å². The fourth-order valence-electron chi connectivity index (χ4n) is 7.04. The lowest BCUT2D eigenvalue weighted by molar-refractivity contribution is -0.142. The summed E-state index contributed by atoms with van der Waals surface area (Å²) in [5.41, 5.74) is 16.6. The fourth-order valence-corrected chi connectivity index (χ4v) is 7.04. The molecule has 10 amide bonds. The quantitative estimate of drug-likeness (QED) is 0.0278. The van der Waals surface area contributed by atoms with Gasteiger partial charge in [0.25, 0.3) is 0 Å². The molecule has 0 aliphatic heterocycles. The van der Waals surface area contributed by atoms with E-state index in [2.05, 4.69) is 47.9 Å². The van der Waals surface area contributed by atoms with Crippen molar-refractivity contribution in [3.63, 3.8) is 0 Å². The number of unbranched alkanes of at least 4 members (excludes halogenated alkanes) is 1. The highest BCUT2D eigenvalue weighted by Crippen LogP contribution is 2.13. The molecule has 0 spiro atoms. The van der Waals surface area contributed by atoms with Gasteiger partial charge in [-0.3, -0.25) is 47.9 Å². The average Bonchev–Trinajstić information content (AvgIpc) is 3.35. The van der Waals surface area contributed by atoms with Crippen LogP contribution in [0.5, 0.6) is 5.75 Å². The van der Waals surface area contributed by atoms with Crippen LogP contribution in [0.1, 0.15) is 85.1 Å². The lowest BCUT2D eigenvalue weighted by Crippen LogP contribution is -2.61. The molecule has 0 aromatic heterocycles. The van der Waals surface area contributed by atoms with Gasteiger partial charge in [-0.25, -0.2) is 4.79 Å². The molecule has 0 fully saturated rings. The topological polar surface area (TPSA) is 495 Å². The number of nitrogens with two attached hydrogens (primary N) is 3. The molecule has 1 aromatic carbocycles. The molecule has 0 saturated heterocycles. The number of primary amides is 1. The largest absolute Gasteiger partial charge is 0.508 e.